The highest BCUT2D eigenvalue weighted by molar-refractivity contribution is 5.94. The Hall–Kier alpha value is -1.69. The second-order valence-corrected chi connectivity index (χ2v) is 6.59. The summed E-state index contributed by atoms with van der Waals surface area (Å²) in [6.07, 6.45) is 2.97. The zero-order chi connectivity index (χ0) is 16.6. The van der Waals surface area contributed by atoms with E-state index in [0.29, 0.717) is 37.8 Å². The number of amides is 1. The monoisotopic (exact) mass is 323 g/mol. The van der Waals surface area contributed by atoms with Gasteiger partial charge in [-0.2, -0.15) is 0 Å². The Bertz CT molecular complexity index is 606. The van der Waals surface area contributed by atoms with Crippen LogP contribution in [0.4, 0.5) is 20.2 Å². The average Bonchev–Trinajstić information content (AvgIpc) is 3.01. The molecule has 0 bridgehead atoms. The van der Waals surface area contributed by atoms with E-state index in [4.69, 9.17) is 0 Å². The number of piperidine rings is 1. The van der Waals surface area contributed by atoms with Crippen molar-refractivity contribution in [1.29, 1.82) is 0 Å². The third-order valence-electron chi connectivity index (χ3n) is 4.89. The molecular formula is C17H23F2N3O. The maximum atomic E-state index is 14.6. The second kappa shape index (κ2) is 6.43. The molecule has 3 rings (SSSR count). The first-order chi connectivity index (χ1) is 11.0. The smallest absolute Gasteiger partial charge is 0.227 e. The van der Waals surface area contributed by atoms with E-state index in [2.05, 4.69) is 4.90 Å². The SMILES string of the molecule is CN(C)C1CCN(c2ccc(N3CCCCC3=O)c(F)c2F)C1. The molecule has 2 aliphatic rings. The lowest BCUT2D eigenvalue weighted by atomic mass is 10.1. The van der Waals surface area contributed by atoms with Crippen LogP contribution in [0, 0.1) is 11.6 Å². The Kier molecular flexibility index (Phi) is 4.53. The van der Waals surface area contributed by atoms with Gasteiger partial charge in [0, 0.05) is 32.1 Å². The number of hydrogen-bond donors (Lipinski definition) is 0. The molecule has 1 aromatic rings. The van der Waals surface area contributed by atoms with Crippen LogP contribution in [0.25, 0.3) is 0 Å². The third kappa shape index (κ3) is 3.04. The Morgan fingerprint density at radius 3 is 2.43 bits per heavy atom. The van der Waals surface area contributed by atoms with Gasteiger partial charge in [0.05, 0.1) is 11.4 Å². The van der Waals surface area contributed by atoms with Crippen molar-refractivity contribution in [3.8, 4) is 0 Å². The molecular weight excluding hydrogens is 300 g/mol. The first-order valence-electron chi connectivity index (χ1n) is 8.18. The largest absolute Gasteiger partial charge is 0.367 e. The van der Waals surface area contributed by atoms with Crippen molar-refractivity contribution in [3.05, 3.63) is 23.8 Å². The number of nitrogens with zero attached hydrogens (tertiary/aromatic N) is 3. The van der Waals surface area contributed by atoms with Crippen molar-refractivity contribution >= 4 is 17.3 Å². The van der Waals surface area contributed by atoms with Crippen molar-refractivity contribution in [2.75, 3.05) is 43.5 Å². The van der Waals surface area contributed by atoms with E-state index in [0.717, 1.165) is 19.3 Å². The number of anilines is 2. The van der Waals surface area contributed by atoms with Crippen LogP contribution in [0.3, 0.4) is 0 Å². The zero-order valence-corrected chi connectivity index (χ0v) is 13.7. The van der Waals surface area contributed by atoms with E-state index in [1.807, 2.05) is 19.0 Å². The number of carbonyl (C=O) groups excluding carboxylic acids is 1. The summed E-state index contributed by atoms with van der Waals surface area (Å²) in [5.41, 5.74) is 0.361. The van der Waals surface area contributed by atoms with Gasteiger partial charge in [-0.25, -0.2) is 8.78 Å². The van der Waals surface area contributed by atoms with Crippen molar-refractivity contribution in [2.24, 2.45) is 0 Å². The summed E-state index contributed by atoms with van der Waals surface area (Å²) in [6, 6.07) is 3.49. The third-order valence-corrected chi connectivity index (χ3v) is 4.89. The van der Waals surface area contributed by atoms with Crippen LogP contribution in [0.15, 0.2) is 12.1 Å². The Labute approximate surface area is 135 Å². The lowest BCUT2D eigenvalue weighted by molar-refractivity contribution is -0.119. The summed E-state index contributed by atoms with van der Waals surface area (Å²) in [4.78, 5) is 17.3. The van der Waals surface area contributed by atoms with E-state index in [9.17, 15) is 13.6 Å². The minimum absolute atomic E-state index is 0.0688. The molecule has 0 spiro atoms. The molecule has 1 atom stereocenters. The minimum atomic E-state index is -0.911. The van der Waals surface area contributed by atoms with E-state index in [1.54, 1.807) is 12.1 Å². The normalized spacial score (nSPS) is 22.3. The van der Waals surface area contributed by atoms with Crippen molar-refractivity contribution in [1.82, 2.24) is 4.90 Å². The molecule has 1 amide bonds. The molecule has 0 radical (unpaired) electrons. The summed E-state index contributed by atoms with van der Waals surface area (Å²) in [7, 11) is 3.99. The van der Waals surface area contributed by atoms with E-state index < -0.39 is 11.6 Å². The molecule has 0 aliphatic carbocycles. The number of likely N-dealkylation sites (N-methyl/N-ethyl adjacent to an activating group) is 1. The second-order valence-electron chi connectivity index (χ2n) is 6.59. The number of carbonyl (C=O) groups is 1. The van der Waals surface area contributed by atoms with Crippen LogP contribution >= 0.6 is 0 Å². The highest BCUT2D eigenvalue weighted by Crippen LogP contribution is 2.33. The average molecular weight is 323 g/mol. The minimum Gasteiger partial charge on any atom is -0.367 e. The summed E-state index contributed by atoms with van der Waals surface area (Å²) < 4.78 is 29.1. The number of benzene rings is 1. The molecule has 2 heterocycles. The highest BCUT2D eigenvalue weighted by Gasteiger charge is 2.29. The van der Waals surface area contributed by atoms with E-state index in [1.165, 1.54) is 4.90 Å². The van der Waals surface area contributed by atoms with Gasteiger partial charge in [-0.15, -0.1) is 0 Å². The van der Waals surface area contributed by atoms with Crippen LogP contribution in [-0.4, -0.2) is 50.6 Å². The lowest BCUT2D eigenvalue weighted by Crippen LogP contribution is -2.36. The maximum Gasteiger partial charge on any atom is 0.227 e. The van der Waals surface area contributed by atoms with Crippen LogP contribution in [0.5, 0.6) is 0 Å². The van der Waals surface area contributed by atoms with Gasteiger partial charge in [-0.05, 0) is 45.5 Å². The van der Waals surface area contributed by atoms with Gasteiger partial charge in [0.15, 0.2) is 11.6 Å². The summed E-state index contributed by atoms with van der Waals surface area (Å²) in [6.45, 7) is 1.85. The molecule has 1 aromatic carbocycles. The van der Waals surface area contributed by atoms with Gasteiger partial charge < -0.3 is 14.7 Å². The number of halogens is 2. The molecule has 6 heteroatoms. The Morgan fingerprint density at radius 1 is 1.09 bits per heavy atom. The van der Waals surface area contributed by atoms with Crippen LogP contribution in [-0.2, 0) is 4.79 Å². The van der Waals surface area contributed by atoms with E-state index >= 15 is 0 Å². The summed E-state index contributed by atoms with van der Waals surface area (Å²) in [5.74, 6) is -1.89. The molecule has 2 saturated heterocycles. The molecule has 126 valence electrons. The highest BCUT2D eigenvalue weighted by atomic mass is 19.2. The quantitative estimate of drug-likeness (QED) is 0.855. The molecule has 0 saturated carbocycles. The molecule has 0 N–H and O–H groups in total. The van der Waals surface area contributed by atoms with E-state index in [-0.39, 0.29) is 11.6 Å². The number of hydrogen-bond acceptors (Lipinski definition) is 3. The molecule has 4 nitrogen and oxygen atoms in total. The fourth-order valence-corrected chi connectivity index (χ4v) is 3.42. The van der Waals surface area contributed by atoms with Gasteiger partial charge in [0.25, 0.3) is 0 Å². The Balaban J connectivity index is 1.85. The summed E-state index contributed by atoms with van der Waals surface area (Å²) >= 11 is 0. The summed E-state index contributed by atoms with van der Waals surface area (Å²) in [5, 5.41) is 0. The van der Waals surface area contributed by atoms with Gasteiger partial charge in [-0.1, -0.05) is 0 Å². The van der Waals surface area contributed by atoms with Crippen molar-refractivity contribution < 1.29 is 13.6 Å². The molecule has 2 aliphatic heterocycles. The van der Waals surface area contributed by atoms with Crippen molar-refractivity contribution in [3.63, 3.8) is 0 Å². The van der Waals surface area contributed by atoms with Gasteiger partial charge >= 0.3 is 0 Å². The van der Waals surface area contributed by atoms with Gasteiger partial charge in [0.1, 0.15) is 0 Å². The number of rotatable bonds is 3. The first-order valence-corrected chi connectivity index (χ1v) is 8.18. The fraction of sp³-hybridized carbons (Fsp3) is 0.588. The Morgan fingerprint density at radius 2 is 1.78 bits per heavy atom. The molecule has 1 unspecified atom stereocenters. The topological polar surface area (TPSA) is 26.8 Å². The van der Waals surface area contributed by atoms with Crippen LogP contribution in [0.2, 0.25) is 0 Å². The van der Waals surface area contributed by atoms with Crippen LogP contribution < -0.4 is 9.80 Å². The predicted molar refractivity (Wildman–Crippen MR) is 86.9 cm³/mol. The zero-order valence-electron chi connectivity index (χ0n) is 13.7. The van der Waals surface area contributed by atoms with Gasteiger partial charge in [-0.3, -0.25) is 4.79 Å². The maximum absolute atomic E-state index is 14.6. The lowest BCUT2D eigenvalue weighted by Gasteiger charge is -2.28. The molecule has 23 heavy (non-hydrogen) atoms. The molecule has 0 aromatic heterocycles. The standard InChI is InChI=1S/C17H23F2N3O/c1-20(2)12-8-10-21(11-12)13-6-7-14(17(19)16(13)18)22-9-4-3-5-15(22)23/h6-7,12H,3-5,8-11H2,1-2H3. The predicted octanol–water partition coefficient (Wildman–Crippen LogP) is 2.62. The van der Waals surface area contributed by atoms with Crippen molar-refractivity contribution in [2.45, 2.75) is 31.7 Å². The molecule has 2 fully saturated rings. The fourth-order valence-electron chi connectivity index (χ4n) is 3.42. The van der Waals surface area contributed by atoms with Crippen LogP contribution in [0.1, 0.15) is 25.7 Å². The van der Waals surface area contributed by atoms with Gasteiger partial charge in [0.2, 0.25) is 5.91 Å². The first kappa shape index (κ1) is 16.2.